The molecule has 1 aliphatic heterocycles. The molecule has 0 aromatic heterocycles. The molecule has 0 aromatic rings. The van der Waals surface area contributed by atoms with Gasteiger partial charge in [-0.2, -0.15) is 0 Å². The van der Waals surface area contributed by atoms with Crippen molar-refractivity contribution in [1.29, 1.82) is 0 Å². The second-order valence-electron chi connectivity index (χ2n) is 4.44. The summed E-state index contributed by atoms with van der Waals surface area (Å²) in [7, 11) is 0. The number of aliphatic hydroxyl groups is 1. The summed E-state index contributed by atoms with van der Waals surface area (Å²) in [6, 6.07) is 0. The van der Waals surface area contributed by atoms with Gasteiger partial charge in [0.25, 0.3) is 0 Å². The maximum Gasteiger partial charge on any atom is 0.120 e. The van der Waals surface area contributed by atoms with Crippen LogP contribution < -0.4 is 0 Å². The van der Waals surface area contributed by atoms with Crippen molar-refractivity contribution < 1.29 is 9.84 Å². The summed E-state index contributed by atoms with van der Waals surface area (Å²) in [5.41, 5.74) is -0.116. The van der Waals surface area contributed by atoms with Crippen LogP contribution in [0.3, 0.4) is 0 Å². The molecule has 0 aromatic carbocycles. The van der Waals surface area contributed by atoms with Gasteiger partial charge in [0.05, 0.1) is 12.2 Å². The molecule has 0 radical (unpaired) electrons. The quantitative estimate of drug-likeness (QED) is 0.668. The highest BCUT2D eigenvalue weighted by molar-refractivity contribution is 5.07. The summed E-state index contributed by atoms with van der Waals surface area (Å²) in [5.74, 6) is 0. The molecule has 1 aliphatic carbocycles. The summed E-state index contributed by atoms with van der Waals surface area (Å²) in [6.45, 7) is 2.04. The van der Waals surface area contributed by atoms with Crippen LogP contribution in [0.4, 0.5) is 0 Å². The van der Waals surface area contributed by atoms with Crippen molar-refractivity contribution in [2.75, 3.05) is 0 Å². The molecule has 2 nitrogen and oxygen atoms in total. The lowest BCUT2D eigenvalue weighted by atomic mass is 9.86. The number of hydrogen-bond donors (Lipinski definition) is 1. The first-order valence-electron chi connectivity index (χ1n) is 5.65. The first kappa shape index (κ1) is 9.47. The molecule has 1 unspecified atom stereocenters. The van der Waals surface area contributed by atoms with Gasteiger partial charge in [0.1, 0.15) is 5.60 Å². The summed E-state index contributed by atoms with van der Waals surface area (Å²) >= 11 is 0. The van der Waals surface area contributed by atoms with Gasteiger partial charge in [0.2, 0.25) is 0 Å². The molecule has 2 rings (SSSR count). The largest absolute Gasteiger partial charge is 0.390 e. The van der Waals surface area contributed by atoms with Crippen LogP contribution in [0.5, 0.6) is 0 Å². The molecule has 13 heavy (non-hydrogen) atoms. The number of epoxide rings is 1. The monoisotopic (exact) mass is 184 g/mol. The average molecular weight is 184 g/mol. The molecule has 2 heteroatoms. The number of hydrogen-bond acceptors (Lipinski definition) is 2. The summed E-state index contributed by atoms with van der Waals surface area (Å²) in [6.07, 6.45) is 8.39. The van der Waals surface area contributed by atoms with Crippen LogP contribution in [-0.2, 0) is 4.74 Å². The second-order valence-corrected chi connectivity index (χ2v) is 4.44. The van der Waals surface area contributed by atoms with Gasteiger partial charge in [-0.05, 0) is 19.3 Å². The van der Waals surface area contributed by atoms with E-state index in [0.29, 0.717) is 6.10 Å². The lowest BCUT2D eigenvalue weighted by molar-refractivity contribution is 0.0647. The molecule has 1 heterocycles. The first-order chi connectivity index (χ1) is 6.29. The van der Waals surface area contributed by atoms with Crippen molar-refractivity contribution in [3.05, 3.63) is 0 Å². The van der Waals surface area contributed by atoms with Gasteiger partial charge < -0.3 is 9.84 Å². The Morgan fingerprint density at radius 2 is 2.15 bits per heavy atom. The predicted octanol–water partition coefficient (Wildman–Crippen LogP) is 2.25. The summed E-state index contributed by atoms with van der Waals surface area (Å²) in [4.78, 5) is 0. The Hall–Kier alpha value is -0.0800. The third-order valence-electron chi connectivity index (χ3n) is 3.58. The van der Waals surface area contributed by atoms with Crippen LogP contribution in [0.2, 0.25) is 0 Å². The number of fused-ring (bicyclic) bond motifs is 1. The molecule has 1 saturated carbocycles. The molecule has 3 atom stereocenters. The van der Waals surface area contributed by atoms with Crippen LogP contribution in [0.25, 0.3) is 0 Å². The van der Waals surface area contributed by atoms with E-state index in [4.69, 9.17) is 4.74 Å². The fourth-order valence-electron chi connectivity index (χ4n) is 2.64. The molecular formula is C11H20O2. The lowest BCUT2D eigenvalue weighted by Gasteiger charge is -2.20. The Bertz CT molecular complexity index is 181. The van der Waals surface area contributed by atoms with Crippen molar-refractivity contribution in [3.8, 4) is 0 Å². The van der Waals surface area contributed by atoms with Crippen molar-refractivity contribution in [2.24, 2.45) is 0 Å². The minimum atomic E-state index is -0.226. The van der Waals surface area contributed by atoms with Gasteiger partial charge >= 0.3 is 0 Å². The molecule has 0 amide bonds. The lowest BCUT2D eigenvalue weighted by Crippen LogP contribution is -2.32. The topological polar surface area (TPSA) is 32.8 Å². The fourth-order valence-corrected chi connectivity index (χ4v) is 2.64. The molecule has 2 fully saturated rings. The molecule has 1 saturated heterocycles. The number of ether oxygens (including phenoxy) is 1. The SMILES string of the molecule is CCC(O)[C@]12CCCCCC[C@H]1O2. The van der Waals surface area contributed by atoms with Crippen molar-refractivity contribution in [2.45, 2.75) is 69.7 Å². The van der Waals surface area contributed by atoms with E-state index in [2.05, 4.69) is 0 Å². The second kappa shape index (κ2) is 3.58. The van der Waals surface area contributed by atoms with E-state index in [1.807, 2.05) is 6.92 Å². The average Bonchev–Trinajstić information content (AvgIpc) is 2.78. The van der Waals surface area contributed by atoms with E-state index in [1.165, 1.54) is 25.7 Å². The molecule has 1 N–H and O–H groups in total. The van der Waals surface area contributed by atoms with Gasteiger partial charge in [-0.25, -0.2) is 0 Å². The molecule has 2 aliphatic rings. The summed E-state index contributed by atoms with van der Waals surface area (Å²) in [5, 5.41) is 9.88. The Morgan fingerprint density at radius 3 is 2.92 bits per heavy atom. The van der Waals surface area contributed by atoms with Crippen molar-refractivity contribution in [3.63, 3.8) is 0 Å². The van der Waals surface area contributed by atoms with Crippen LogP contribution in [0.15, 0.2) is 0 Å². The predicted molar refractivity (Wildman–Crippen MR) is 51.6 cm³/mol. The van der Waals surface area contributed by atoms with Crippen molar-refractivity contribution in [1.82, 2.24) is 0 Å². The Kier molecular flexibility index (Phi) is 2.61. The normalized spacial score (nSPS) is 41.5. The third kappa shape index (κ3) is 1.62. The Balaban J connectivity index is 1.98. The Morgan fingerprint density at radius 1 is 1.38 bits per heavy atom. The fraction of sp³-hybridized carbons (Fsp3) is 1.00. The molecule has 0 spiro atoms. The van der Waals surface area contributed by atoms with Gasteiger partial charge in [0, 0.05) is 0 Å². The summed E-state index contributed by atoms with van der Waals surface area (Å²) < 4.78 is 5.73. The standard InChI is InChI=1S/C11H20O2/c1-2-9(12)11-8-6-4-3-5-7-10(11)13-11/h9-10,12H,2-8H2,1H3/t9?,10-,11-/m1/s1. The highest BCUT2D eigenvalue weighted by Gasteiger charge is 2.59. The van der Waals surface area contributed by atoms with E-state index in [0.717, 1.165) is 19.3 Å². The van der Waals surface area contributed by atoms with Crippen LogP contribution in [0, 0.1) is 0 Å². The zero-order valence-corrected chi connectivity index (χ0v) is 8.46. The minimum absolute atomic E-state index is 0.116. The highest BCUT2D eigenvalue weighted by Crippen LogP contribution is 2.48. The van der Waals surface area contributed by atoms with E-state index in [1.54, 1.807) is 0 Å². The molecule has 76 valence electrons. The van der Waals surface area contributed by atoms with E-state index < -0.39 is 0 Å². The smallest absolute Gasteiger partial charge is 0.120 e. The maximum atomic E-state index is 9.88. The molecule has 0 bridgehead atoms. The highest BCUT2D eigenvalue weighted by atomic mass is 16.6. The zero-order chi connectivity index (χ0) is 9.31. The first-order valence-corrected chi connectivity index (χ1v) is 5.65. The van der Waals surface area contributed by atoms with Crippen LogP contribution in [-0.4, -0.2) is 22.9 Å². The zero-order valence-electron chi connectivity index (χ0n) is 8.46. The van der Waals surface area contributed by atoms with Gasteiger partial charge in [-0.15, -0.1) is 0 Å². The van der Waals surface area contributed by atoms with Crippen LogP contribution >= 0.6 is 0 Å². The van der Waals surface area contributed by atoms with E-state index in [-0.39, 0.29) is 11.7 Å². The van der Waals surface area contributed by atoms with Gasteiger partial charge in [0.15, 0.2) is 0 Å². The van der Waals surface area contributed by atoms with Crippen molar-refractivity contribution >= 4 is 0 Å². The number of aliphatic hydroxyl groups excluding tert-OH is 1. The van der Waals surface area contributed by atoms with E-state index >= 15 is 0 Å². The Labute approximate surface area is 80.3 Å². The third-order valence-corrected chi connectivity index (χ3v) is 3.58. The molecular weight excluding hydrogens is 164 g/mol. The maximum absolute atomic E-state index is 9.88. The van der Waals surface area contributed by atoms with Gasteiger partial charge in [-0.3, -0.25) is 0 Å². The van der Waals surface area contributed by atoms with E-state index in [9.17, 15) is 5.11 Å². The minimum Gasteiger partial charge on any atom is -0.390 e. The van der Waals surface area contributed by atoms with Gasteiger partial charge in [-0.1, -0.05) is 32.6 Å². The number of rotatable bonds is 2. The van der Waals surface area contributed by atoms with Crippen LogP contribution in [0.1, 0.15) is 51.9 Å².